The Hall–Kier alpha value is -1.03. The zero-order valence-corrected chi connectivity index (χ0v) is 6.75. The van der Waals surface area contributed by atoms with E-state index in [-0.39, 0.29) is 24.8 Å². The maximum atomic E-state index is 10.9. The van der Waals surface area contributed by atoms with Gasteiger partial charge in [0.15, 0.2) is 5.76 Å². The number of aliphatic hydroxyl groups excluding tert-OH is 2. The third-order valence-electron chi connectivity index (χ3n) is 1.70. The lowest BCUT2D eigenvalue weighted by molar-refractivity contribution is -0.119. The first-order valence-electron chi connectivity index (χ1n) is 3.94. The monoisotopic (exact) mass is 172 g/mol. The predicted octanol–water partition coefficient (Wildman–Crippen LogP) is 0.518. The molecule has 0 heterocycles. The van der Waals surface area contributed by atoms with Gasteiger partial charge in [0.25, 0.3) is 0 Å². The molecule has 0 atom stereocenters. The fourth-order valence-electron chi connectivity index (χ4n) is 1.11. The van der Waals surface area contributed by atoms with Crippen LogP contribution in [0, 0.1) is 0 Å². The van der Waals surface area contributed by atoms with Crippen LogP contribution in [-0.4, -0.2) is 29.2 Å². The maximum Gasteiger partial charge on any atom is 0.200 e. The second-order valence-corrected chi connectivity index (χ2v) is 2.62. The molecule has 0 radical (unpaired) electrons. The van der Waals surface area contributed by atoms with E-state index in [4.69, 9.17) is 9.84 Å². The fraction of sp³-hybridized carbons (Fsp3) is 0.625. The van der Waals surface area contributed by atoms with Crippen LogP contribution in [0.4, 0.5) is 0 Å². The molecule has 0 saturated heterocycles. The third kappa shape index (κ3) is 1.98. The van der Waals surface area contributed by atoms with Crippen LogP contribution >= 0.6 is 0 Å². The van der Waals surface area contributed by atoms with Crippen LogP contribution in [-0.2, 0) is 9.53 Å². The molecule has 0 aliphatic heterocycles. The molecule has 0 unspecified atom stereocenters. The van der Waals surface area contributed by atoms with Gasteiger partial charge < -0.3 is 14.9 Å². The molecule has 0 aromatic heterocycles. The zero-order chi connectivity index (χ0) is 8.97. The van der Waals surface area contributed by atoms with Crippen molar-refractivity contribution in [2.24, 2.45) is 0 Å². The number of allylic oxidation sites excluding steroid dienone is 2. The van der Waals surface area contributed by atoms with Crippen molar-refractivity contribution < 1.29 is 19.7 Å². The van der Waals surface area contributed by atoms with Crippen LogP contribution in [0.3, 0.4) is 0 Å². The summed E-state index contributed by atoms with van der Waals surface area (Å²) >= 11 is 0. The molecule has 0 aromatic carbocycles. The van der Waals surface area contributed by atoms with Crippen molar-refractivity contribution in [3.63, 3.8) is 0 Å². The zero-order valence-electron chi connectivity index (χ0n) is 6.75. The van der Waals surface area contributed by atoms with Gasteiger partial charge in [-0.15, -0.1) is 0 Å². The molecule has 0 aromatic rings. The number of ketones is 1. The van der Waals surface area contributed by atoms with Crippen LogP contribution in [0.2, 0.25) is 0 Å². The summed E-state index contributed by atoms with van der Waals surface area (Å²) in [6.45, 7) is 0.0254. The van der Waals surface area contributed by atoms with Crippen molar-refractivity contribution in [1.82, 2.24) is 0 Å². The van der Waals surface area contributed by atoms with Crippen molar-refractivity contribution in [1.29, 1.82) is 0 Å². The van der Waals surface area contributed by atoms with Crippen LogP contribution in [0.1, 0.15) is 19.3 Å². The highest BCUT2D eigenvalue weighted by atomic mass is 16.5. The van der Waals surface area contributed by atoms with Crippen molar-refractivity contribution in [2.45, 2.75) is 19.3 Å². The smallest absolute Gasteiger partial charge is 0.200 e. The maximum absolute atomic E-state index is 10.9. The number of carbonyl (C=O) groups is 1. The van der Waals surface area contributed by atoms with Crippen LogP contribution in [0.5, 0.6) is 0 Å². The highest BCUT2D eigenvalue weighted by Gasteiger charge is 2.20. The Kier molecular flexibility index (Phi) is 3.10. The molecule has 4 nitrogen and oxygen atoms in total. The number of hydrogen-bond acceptors (Lipinski definition) is 4. The minimum Gasteiger partial charge on any atom is -0.502 e. The second-order valence-electron chi connectivity index (χ2n) is 2.62. The molecule has 0 saturated carbocycles. The molecule has 1 aliphatic carbocycles. The molecule has 1 rings (SSSR count). The van der Waals surface area contributed by atoms with Gasteiger partial charge in [0, 0.05) is 12.8 Å². The van der Waals surface area contributed by atoms with Gasteiger partial charge in [-0.25, -0.2) is 0 Å². The molecule has 0 fully saturated rings. The molecule has 0 bridgehead atoms. The molecule has 1 aliphatic rings. The average molecular weight is 172 g/mol. The van der Waals surface area contributed by atoms with Crippen molar-refractivity contribution in [3.05, 3.63) is 11.5 Å². The lowest BCUT2D eigenvalue weighted by Gasteiger charge is -2.15. The van der Waals surface area contributed by atoms with Gasteiger partial charge in [-0.05, 0) is 6.42 Å². The highest BCUT2D eigenvalue weighted by Crippen LogP contribution is 2.20. The first kappa shape index (κ1) is 9.06. The van der Waals surface area contributed by atoms with Crippen LogP contribution in [0.25, 0.3) is 0 Å². The van der Waals surface area contributed by atoms with E-state index in [2.05, 4.69) is 0 Å². The minimum absolute atomic E-state index is 0.106. The minimum atomic E-state index is -0.269. The third-order valence-corrected chi connectivity index (χ3v) is 1.70. The van der Waals surface area contributed by atoms with E-state index in [0.717, 1.165) is 0 Å². The first-order chi connectivity index (χ1) is 5.75. The van der Waals surface area contributed by atoms with E-state index < -0.39 is 0 Å². The summed E-state index contributed by atoms with van der Waals surface area (Å²) in [4.78, 5) is 10.9. The van der Waals surface area contributed by atoms with E-state index >= 15 is 0 Å². The summed E-state index contributed by atoms with van der Waals surface area (Å²) < 4.78 is 4.97. The van der Waals surface area contributed by atoms with E-state index in [1.165, 1.54) is 0 Å². The summed E-state index contributed by atoms with van der Waals surface area (Å²) in [7, 11) is 0. The fourth-order valence-corrected chi connectivity index (χ4v) is 1.11. The van der Waals surface area contributed by atoms with Gasteiger partial charge in [-0.1, -0.05) is 0 Å². The van der Waals surface area contributed by atoms with Gasteiger partial charge in [0.05, 0.1) is 6.61 Å². The Labute approximate surface area is 70.5 Å². The summed E-state index contributed by atoms with van der Waals surface area (Å²) in [5.41, 5.74) is 0. The van der Waals surface area contributed by atoms with E-state index in [9.17, 15) is 9.90 Å². The quantitative estimate of drug-likeness (QED) is 0.651. The number of Topliss-reactive ketones (excluding diaryl/α,β-unsaturated/α-hetero) is 1. The van der Waals surface area contributed by atoms with Gasteiger partial charge in [-0.3, -0.25) is 4.79 Å². The first-order valence-corrected chi connectivity index (χ1v) is 3.94. The molecule has 12 heavy (non-hydrogen) atoms. The summed E-state index contributed by atoms with van der Waals surface area (Å²) in [6, 6.07) is 0. The van der Waals surface area contributed by atoms with E-state index in [1.807, 2.05) is 0 Å². The van der Waals surface area contributed by atoms with Gasteiger partial charge >= 0.3 is 0 Å². The highest BCUT2D eigenvalue weighted by molar-refractivity contribution is 5.94. The van der Waals surface area contributed by atoms with Gasteiger partial charge in [-0.2, -0.15) is 0 Å². The SMILES string of the molecule is O=C1CCCC(OCCO)=C1O. The number of carbonyl (C=O) groups excluding carboxylic acids is 1. The topological polar surface area (TPSA) is 66.8 Å². The molecule has 68 valence electrons. The molecule has 2 N–H and O–H groups in total. The summed E-state index contributed by atoms with van der Waals surface area (Å²) in [5.74, 6) is -0.218. The largest absolute Gasteiger partial charge is 0.502 e. The lowest BCUT2D eigenvalue weighted by Crippen LogP contribution is -2.14. The van der Waals surface area contributed by atoms with Crippen molar-refractivity contribution >= 4 is 5.78 Å². The summed E-state index contributed by atoms with van der Waals surface area (Å²) in [5, 5.41) is 17.6. The van der Waals surface area contributed by atoms with Crippen molar-refractivity contribution in [2.75, 3.05) is 13.2 Å². The Bertz CT molecular complexity index is 207. The van der Waals surface area contributed by atoms with E-state index in [1.54, 1.807) is 0 Å². The number of rotatable bonds is 3. The number of ether oxygens (including phenoxy) is 1. The number of hydrogen-bond donors (Lipinski definition) is 2. The predicted molar refractivity (Wildman–Crippen MR) is 41.6 cm³/mol. The van der Waals surface area contributed by atoms with Gasteiger partial charge in [0.2, 0.25) is 5.78 Å². The molecular weight excluding hydrogens is 160 g/mol. The molecule has 0 spiro atoms. The number of aliphatic hydroxyl groups is 2. The molecule has 0 amide bonds. The Morgan fingerprint density at radius 2 is 2.17 bits per heavy atom. The normalized spacial score (nSPS) is 18.2. The second kappa shape index (κ2) is 4.11. The molecule has 4 heteroatoms. The van der Waals surface area contributed by atoms with Gasteiger partial charge in [0.1, 0.15) is 12.4 Å². The Morgan fingerprint density at radius 3 is 2.83 bits per heavy atom. The lowest BCUT2D eigenvalue weighted by atomic mass is 10.0. The average Bonchev–Trinajstić information content (AvgIpc) is 2.08. The van der Waals surface area contributed by atoms with E-state index in [0.29, 0.717) is 25.0 Å². The van der Waals surface area contributed by atoms with Crippen molar-refractivity contribution in [3.8, 4) is 0 Å². The van der Waals surface area contributed by atoms with Crippen LogP contribution in [0.15, 0.2) is 11.5 Å². The Morgan fingerprint density at radius 1 is 1.42 bits per heavy atom. The summed E-state index contributed by atoms with van der Waals surface area (Å²) in [6.07, 6.45) is 1.68. The van der Waals surface area contributed by atoms with Crippen LogP contribution < -0.4 is 0 Å². The molecular formula is C8H12O4. The standard InChI is InChI=1S/C8H12O4/c9-4-5-12-7-3-1-2-6(10)8(7)11/h9,11H,1-5H2. The Balaban J connectivity index is 2.59.